The second-order valence-electron chi connectivity index (χ2n) is 6.17. The third kappa shape index (κ3) is 3.95. The number of hydrogen-bond donors (Lipinski definition) is 2. The monoisotopic (exact) mass is 254 g/mol. The topological polar surface area (TPSA) is 52.6 Å². The van der Waals surface area contributed by atoms with Gasteiger partial charge in [0.1, 0.15) is 0 Å². The van der Waals surface area contributed by atoms with Crippen molar-refractivity contribution >= 4 is 5.91 Å². The second-order valence-corrected chi connectivity index (χ2v) is 6.17. The van der Waals surface area contributed by atoms with Gasteiger partial charge in [0.25, 0.3) is 0 Å². The molecule has 0 spiro atoms. The molecule has 0 bridgehead atoms. The Kier molecular flexibility index (Phi) is 4.62. The molecule has 1 aliphatic heterocycles. The fourth-order valence-electron chi connectivity index (χ4n) is 2.95. The van der Waals surface area contributed by atoms with Crippen LogP contribution in [0, 0.1) is 5.92 Å². The van der Waals surface area contributed by atoms with Crippen molar-refractivity contribution in [1.82, 2.24) is 10.2 Å². The van der Waals surface area contributed by atoms with Crippen LogP contribution in [-0.2, 0) is 4.79 Å². The minimum atomic E-state index is -0.633. The third-order valence-electron chi connectivity index (χ3n) is 4.39. The molecule has 4 heteroatoms. The zero-order valence-electron chi connectivity index (χ0n) is 11.5. The number of hydrogen-bond acceptors (Lipinski definition) is 3. The average Bonchev–Trinajstić information content (AvgIpc) is 2.78. The lowest BCUT2D eigenvalue weighted by Gasteiger charge is -2.30. The van der Waals surface area contributed by atoms with Gasteiger partial charge in [0.2, 0.25) is 5.91 Å². The number of nitrogens with zero attached hydrogens (tertiary/aromatic N) is 1. The van der Waals surface area contributed by atoms with Gasteiger partial charge < -0.3 is 10.4 Å². The summed E-state index contributed by atoms with van der Waals surface area (Å²) in [6.07, 6.45) is 6.20. The van der Waals surface area contributed by atoms with Crippen LogP contribution in [-0.4, -0.2) is 47.7 Å². The molecule has 1 saturated heterocycles. The summed E-state index contributed by atoms with van der Waals surface area (Å²) in [7, 11) is 0. The predicted molar refractivity (Wildman–Crippen MR) is 71.3 cm³/mol. The van der Waals surface area contributed by atoms with Crippen molar-refractivity contribution < 1.29 is 9.90 Å². The molecule has 0 atom stereocenters. The van der Waals surface area contributed by atoms with Crippen LogP contribution in [0.2, 0.25) is 0 Å². The Morgan fingerprint density at radius 1 is 1.33 bits per heavy atom. The highest BCUT2D eigenvalue weighted by molar-refractivity contribution is 5.78. The number of carbonyl (C=O) groups is 1. The quantitative estimate of drug-likeness (QED) is 0.791. The van der Waals surface area contributed by atoms with E-state index in [1.54, 1.807) is 0 Å². The predicted octanol–water partition coefficient (Wildman–Crippen LogP) is 1.14. The van der Waals surface area contributed by atoms with Crippen LogP contribution in [0.25, 0.3) is 0 Å². The summed E-state index contributed by atoms with van der Waals surface area (Å²) in [5, 5.41) is 13.0. The van der Waals surface area contributed by atoms with Crippen LogP contribution in [0.3, 0.4) is 0 Å². The van der Waals surface area contributed by atoms with Gasteiger partial charge in [-0.3, -0.25) is 9.69 Å². The Hall–Kier alpha value is -0.610. The Morgan fingerprint density at radius 2 is 1.94 bits per heavy atom. The molecular weight excluding hydrogens is 228 g/mol. The van der Waals surface area contributed by atoms with Gasteiger partial charge in [-0.25, -0.2) is 0 Å². The lowest BCUT2D eigenvalue weighted by atomic mass is 9.99. The van der Waals surface area contributed by atoms with Crippen molar-refractivity contribution in [1.29, 1.82) is 0 Å². The van der Waals surface area contributed by atoms with Crippen LogP contribution < -0.4 is 5.32 Å². The van der Waals surface area contributed by atoms with E-state index in [2.05, 4.69) is 17.1 Å². The summed E-state index contributed by atoms with van der Waals surface area (Å²) in [6.45, 7) is 5.24. The molecule has 0 radical (unpaired) electrons. The van der Waals surface area contributed by atoms with Crippen molar-refractivity contribution in [2.24, 2.45) is 5.92 Å². The van der Waals surface area contributed by atoms with Crippen LogP contribution >= 0.6 is 0 Å². The molecule has 0 aromatic rings. The van der Waals surface area contributed by atoms with Crippen molar-refractivity contribution in [2.75, 3.05) is 26.2 Å². The Labute approximate surface area is 110 Å². The SMILES string of the molecule is CC1CCN(CC(=O)NCC2(O)CCCC2)CC1. The van der Waals surface area contributed by atoms with Crippen molar-refractivity contribution in [3.8, 4) is 0 Å². The zero-order valence-corrected chi connectivity index (χ0v) is 11.5. The Morgan fingerprint density at radius 3 is 2.56 bits per heavy atom. The maximum absolute atomic E-state index is 11.8. The summed E-state index contributed by atoms with van der Waals surface area (Å²) < 4.78 is 0. The largest absolute Gasteiger partial charge is 0.388 e. The molecule has 2 N–H and O–H groups in total. The maximum Gasteiger partial charge on any atom is 0.234 e. The number of rotatable bonds is 4. The highest BCUT2D eigenvalue weighted by Gasteiger charge is 2.31. The molecule has 0 aromatic carbocycles. The van der Waals surface area contributed by atoms with Crippen LogP contribution in [0.4, 0.5) is 0 Å². The minimum Gasteiger partial charge on any atom is -0.388 e. The van der Waals surface area contributed by atoms with Gasteiger partial charge in [-0.1, -0.05) is 19.8 Å². The van der Waals surface area contributed by atoms with E-state index in [9.17, 15) is 9.90 Å². The highest BCUT2D eigenvalue weighted by atomic mass is 16.3. The second kappa shape index (κ2) is 6.02. The first kappa shape index (κ1) is 13.8. The van der Waals surface area contributed by atoms with Gasteiger partial charge in [0, 0.05) is 6.54 Å². The molecular formula is C14H26N2O2. The van der Waals surface area contributed by atoms with E-state index in [1.807, 2.05) is 0 Å². The van der Waals surface area contributed by atoms with Crippen molar-refractivity contribution in [2.45, 2.75) is 51.0 Å². The van der Waals surface area contributed by atoms with Gasteiger partial charge in [-0.15, -0.1) is 0 Å². The van der Waals surface area contributed by atoms with Gasteiger partial charge in [0.05, 0.1) is 12.1 Å². The minimum absolute atomic E-state index is 0.0601. The molecule has 1 heterocycles. The molecule has 1 saturated carbocycles. The van der Waals surface area contributed by atoms with Gasteiger partial charge in [0.15, 0.2) is 0 Å². The van der Waals surface area contributed by atoms with Crippen molar-refractivity contribution in [3.05, 3.63) is 0 Å². The number of amides is 1. The van der Waals surface area contributed by atoms with Crippen LogP contribution in [0.15, 0.2) is 0 Å². The van der Waals surface area contributed by atoms with Crippen LogP contribution in [0.5, 0.6) is 0 Å². The first-order chi connectivity index (χ1) is 8.57. The molecule has 1 amide bonds. The average molecular weight is 254 g/mol. The highest BCUT2D eigenvalue weighted by Crippen LogP contribution is 2.28. The van der Waals surface area contributed by atoms with E-state index in [0.717, 1.165) is 44.7 Å². The van der Waals surface area contributed by atoms with Gasteiger partial charge in [-0.2, -0.15) is 0 Å². The summed E-state index contributed by atoms with van der Waals surface area (Å²) in [6, 6.07) is 0. The number of likely N-dealkylation sites (tertiary alicyclic amines) is 1. The van der Waals surface area contributed by atoms with E-state index in [1.165, 1.54) is 12.8 Å². The first-order valence-electron chi connectivity index (χ1n) is 7.29. The number of piperidine rings is 1. The number of carbonyl (C=O) groups excluding carboxylic acids is 1. The lowest BCUT2D eigenvalue weighted by Crippen LogP contribution is -2.46. The standard InChI is InChI=1S/C14H26N2O2/c1-12-4-8-16(9-5-12)10-13(17)15-11-14(18)6-2-3-7-14/h12,18H,2-11H2,1H3,(H,15,17). The molecule has 2 aliphatic rings. The third-order valence-corrected chi connectivity index (χ3v) is 4.39. The van der Waals surface area contributed by atoms with Gasteiger partial charge in [-0.05, 0) is 44.7 Å². The van der Waals surface area contributed by atoms with E-state index in [4.69, 9.17) is 0 Å². The summed E-state index contributed by atoms with van der Waals surface area (Å²) in [4.78, 5) is 14.0. The Bertz CT molecular complexity index is 280. The lowest BCUT2D eigenvalue weighted by molar-refractivity contribution is -0.123. The number of nitrogens with one attached hydrogen (secondary N) is 1. The molecule has 2 fully saturated rings. The van der Waals surface area contributed by atoms with E-state index in [-0.39, 0.29) is 5.91 Å². The fraction of sp³-hybridized carbons (Fsp3) is 0.929. The van der Waals surface area contributed by atoms with Crippen LogP contribution in [0.1, 0.15) is 45.4 Å². The van der Waals surface area contributed by atoms with E-state index < -0.39 is 5.60 Å². The zero-order chi connectivity index (χ0) is 13.0. The fourth-order valence-corrected chi connectivity index (χ4v) is 2.95. The number of aliphatic hydroxyl groups is 1. The molecule has 104 valence electrons. The molecule has 0 unspecified atom stereocenters. The molecule has 2 rings (SSSR count). The summed E-state index contributed by atoms with van der Waals surface area (Å²) in [5.41, 5.74) is -0.633. The first-order valence-corrected chi connectivity index (χ1v) is 7.29. The van der Waals surface area contributed by atoms with Gasteiger partial charge >= 0.3 is 0 Å². The maximum atomic E-state index is 11.8. The summed E-state index contributed by atoms with van der Waals surface area (Å²) >= 11 is 0. The molecule has 4 nitrogen and oxygen atoms in total. The molecule has 1 aliphatic carbocycles. The smallest absolute Gasteiger partial charge is 0.234 e. The Balaban J connectivity index is 1.66. The summed E-state index contributed by atoms with van der Waals surface area (Å²) in [5.74, 6) is 0.855. The molecule has 0 aromatic heterocycles. The normalized spacial score (nSPS) is 25.2. The van der Waals surface area contributed by atoms with E-state index in [0.29, 0.717) is 13.1 Å². The van der Waals surface area contributed by atoms with E-state index >= 15 is 0 Å². The molecule has 18 heavy (non-hydrogen) atoms. The van der Waals surface area contributed by atoms with Crippen molar-refractivity contribution in [3.63, 3.8) is 0 Å².